The number of halogens is 2. The van der Waals surface area contributed by atoms with Crippen LogP contribution in [0.5, 0.6) is 5.75 Å². The minimum atomic E-state index is -6.01. The van der Waals surface area contributed by atoms with Gasteiger partial charge in [0.1, 0.15) is 36.1 Å². The van der Waals surface area contributed by atoms with Gasteiger partial charge in [-0.1, -0.05) is 12.1 Å². The van der Waals surface area contributed by atoms with Crippen LogP contribution in [-0.4, -0.2) is 102 Å². The Hall–Kier alpha value is -2.82. The van der Waals surface area contributed by atoms with Gasteiger partial charge in [0.15, 0.2) is 18.2 Å². The zero-order chi connectivity index (χ0) is 30.3. The summed E-state index contributed by atoms with van der Waals surface area (Å²) < 4.78 is 53.9. The molecule has 3 heterocycles. The number of quaternary nitrogens is 1. The van der Waals surface area contributed by atoms with Gasteiger partial charge in [-0.15, -0.1) is 0 Å². The van der Waals surface area contributed by atoms with Crippen molar-refractivity contribution in [2.75, 3.05) is 26.2 Å². The number of phenolic OH excluding ortho intramolecular Hbond substituents is 1. The highest BCUT2D eigenvalue weighted by Crippen LogP contribution is 2.59. The number of nitrogens with two attached hydrogens (primary N) is 1. The lowest BCUT2D eigenvalue weighted by molar-refractivity contribution is -1.02. The summed E-state index contributed by atoms with van der Waals surface area (Å²) in [4.78, 5) is 31.1. The van der Waals surface area contributed by atoms with Crippen molar-refractivity contribution < 1.29 is 52.2 Å². The average Bonchev–Trinajstić information content (AvgIpc) is 3.50. The summed E-state index contributed by atoms with van der Waals surface area (Å²) >= 11 is 0. The summed E-state index contributed by atoms with van der Waals surface area (Å²) in [6.45, 7) is 7.22. The van der Waals surface area contributed by atoms with Crippen LogP contribution in [0.25, 0.3) is 0 Å². The molecule has 226 valence electrons. The molecule has 0 amide bonds. The summed E-state index contributed by atoms with van der Waals surface area (Å²) in [5, 5.41) is 32.8. The molecule has 0 aliphatic carbocycles. The summed E-state index contributed by atoms with van der Waals surface area (Å²) in [6.07, 6.45) is -4.08. The number of aromatic nitrogens is 2. The molecule has 17 heteroatoms. The van der Waals surface area contributed by atoms with Crippen molar-refractivity contribution in [1.82, 2.24) is 14.6 Å². The first-order valence-electron chi connectivity index (χ1n) is 13.0. The summed E-state index contributed by atoms with van der Waals surface area (Å²) in [5.41, 5.74) is 1.08. The number of rotatable bonds is 11. The number of ketones is 1. The average molecular weight is 604 g/mol. The van der Waals surface area contributed by atoms with Gasteiger partial charge >= 0.3 is 13.3 Å². The van der Waals surface area contributed by atoms with Crippen LogP contribution < -0.4 is 5.73 Å². The van der Waals surface area contributed by atoms with E-state index >= 15 is 0 Å². The predicted octanol–water partition coefficient (Wildman–Crippen LogP) is 1.61. The van der Waals surface area contributed by atoms with Crippen molar-refractivity contribution in [2.24, 2.45) is 10.7 Å². The van der Waals surface area contributed by atoms with Crippen molar-refractivity contribution in [2.45, 2.75) is 57.1 Å². The number of aliphatic hydroxyl groups is 2. The zero-order valence-electron chi connectivity index (χ0n) is 22.6. The van der Waals surface area contributed by atoms with Crippen LogP contribution in [0.4, 0.5) is 14.6 Å². The van der Waals surface area contributed by atoms with E-state index in [1.165, 1.54) is 23.0 Å². The molecule has 2 aromatic rings. The Kier molecular flexibility index (Phi) is 8.70. The molecule has 41 heavy (non-hydrogen) atoms. The maximum absolute atomic E-state index is 14.7. The molecule has 14 nitrogen and oxygen atoms in total. The molecule has 2 aliphatic rings. The maximum atomic E-state index is 14.7. The highest BCUT2D eigenvalue weighted by molar-refractivity contribution is 7.55. The second kappa shape index (κ2) is 11.5. The SMILES string of the molecule is CC[N+](CC)(CC)N1C=Nc2c(ncn2[C@@H]2O[C@H](COP(=O)(O)C(F)(F)C(=O)c3ccccc3O)C(O)C2O)C1N. The van der Waals surface area contributed by atoms with Crippen LogP contribution in [0.2, 0.25) is 0 Å². The quantitative estimate of drug-likeness (QED) is 0.142. The van der Waals surface area contributed by atoms with E-state index in [2.05, 4.69) is 14.5 Å². The molecule has 6 N–H and O–H groups in total. The van der Waals surface area contributed by atoms with Crippen molar-refractivity contribution >= 4 is 25.5 Å². The van der Waals surface area contributed by atoms with Crippen molar-refractivity contribution in [3.8, 4) is 5.75 Å². The molecule has 1 fully saturated rings. The normalized spacial score (nSPS) is 26.2. The Morgan fingerprint density at radius 3 is 2.44 bits per heavy atom. The van der Waals surface area contributed by atoms with Gasteiger partial charge in [-0.2, -0.15) is 13.8 Å². The molecule has 6 atom stereocenters. The lowest BCUT2D eigenvalue weighted by Crippen LogP contribution is -2.62. The van der Waals surface area contributed by atoms with Crippen LogP contribution >= 0.6 is 7.60 Å². The third-order valence-corrected chi connectivity index (χ3v) is 9.13. The number of carbonyl (C=O) groups is 1. The molecule has 1 aromatic carbocycles. The molecule has 0 bridgehead atoms. The number of para-hydroxylation sites is 1. The number of phenols is 1. The molecule has 2 aliphatic heterocycles. The standard InChI is InChI=1S/C24H33F2N6O8P/c1-4-32(5-2,6-3)31-13-29-22-17(21(31)27)28-12-30(22)23-19(35)18(34)16(40-23)11-39-41(37,38)24(25,26)20(36)14-9-7-8-10-15(14)33/h7-10,12-13,16,18-19,21,23,34-35H,4-6,11,27H2,1-3H3,(H-,33,36,37,38)/p+1/t16-,18?,19?,21?,23-/m1/s1. The molecule has 0 saturated carbocycles. The minimum absolute atomic E-state index is 0.237. The molecule has 0 spiro atoms. The van der Waals surface area contributed by atoms with E-state index in [1.807, 2.05) is 25.8 Å². The largest absolute Gasteiger partial charge is 0.507 e. The molecular formula is C24H34F2N6O8P+. The molecule has 1 aromatic heterocycles. The van der Waals surface area contributed by atoms with Gasteiger partial charge in [0, 0.05) is 0 Å². The number of alkyl halides is 2. The van der Waals surface area contributed by atoms with Crippen LogP contribution in [0, 0.1) is 0 Å². The van der Waals surface area contributed by atoms with Crippen LogP contribution in [0.1, 0.15) is 49.2 Å². The van der Waals surface area contributed by atoms with Crippen LogP contribution in [-0.2, 0) is 13.8 Å². The Bertz CT molecular complexity index is 1350. The molecular weight excluding hydrogens is 569 g/mol. The van der Waals surface area contributed by atoms with Crippen molar-refractivity contribution in [1.29, 1.82) is 0 Å². The third kappa shape index (κ3) is 5.19. The summed E-state index contributed by atoms with van der Waals surface area (Å²) in [6, 6.07) is 4.29. The first-order chi connectivity index (χ1) is 19.3. The first-order valence-corrected chi connectivity index (χ1v) is 14.5. The number of aliphatic imine (C=N–C) groups is 1. The number of benzene rings is 1. The molecule has 4 rings (SSSR count). The minimum Gasteiger partial charge on any atom is -0.507 e. The number of hydrogen-bond donors (Lipinski definition) is 5. The molecule has 4 unspecified atom stereocenters. The number of carbonyl (C=O) groups excluding carboxylic acids is 1. The smallest absolute Gasteiger partial charge is 0.407 e. The maximum Gasteiger partial charge on any atom is 0.407 e. The van der Waals surface area contributed by atoms with Gasteiger partial charge < -0.3 is 35.2 Å². The lowest BCUT2D eigenvalue weighted by atomic mass is 10.1. The van der Waals surface area contributed by atoms with E-state index in [1.54, 1.807) is 6.34 Å². The van der Waals surface area contributed by atoms with Crippen LogP contribution in [0.3, 0.4) is 0 Å². The van der Waals surface area contributed by atoms with Gasteiger partial charge in [-0.25, -0.2) is 14.6 Å². The highest BCUT2D eigenvalue weighted by Gasteiger charge is 2.59. The zero-order valence-corrected chi connectivity index (χ0v) is 23.5. The van der Waals surface area contributed by atoms with Crippen LogP contribution in [0.15, 0.2) is 35.6 Å². The van der Waals surface area contributed by atoms with Gasteiger partial charge in [-0.3, -0.25) is 13.9 Å². The number of hydrogen-bond acceptors (Lipinski definition) is 11. The molecule has 0 radical (unpaired) electrons. The number of aliphatic hydroxyl groups excluding tert-OH is 2. The van der Waals surface area contributed by atoms with E-state index in [9.17, 15) is 38.4 Å². The van der Waals surface area contributed by atoms with Gasteiger partial charge in [0.2, 0.25) is 5.78 Å². The van der Waals surface area contributed by atoms with E-state index in [0.717, 1.165) is 31.8 Å². The Balaban J connectivity index is 1.50. The van der Waals surface area contributed by atoms with Gasteiger partial charge in [0.05, 0.1) is 38.1 Å². The number of nitrogens with zero attached hydrogens (tertiary/aromatic N) is 5. The highest BCUT2D eigenvalue weighted by atomic mass is 31.2. The van der Waals surface area contributed by atoms with E-state index in [4.69, 9.17) is 10.5 Å². The first kappa shape index (κ1) is 31.1. The number of aromatic hydroxyl groups is 1. The van der Waals surface area contributed by atoms with Gasteiger partial charge in [-0.05, 0) is 32.9 Å². The number of ether oxygens (including phenoxy) is 1. The topological polar surface area (TPSA) is 193 Å². The van der Waals surface area contributed by atoms with Crippen molar-refractivity contribution in [3.63, 3.8) is 0 Å². The van der Waals surface area contributed by atoms with E-state index in [0.29, 0.717) is 10.3 Å². The fourth-order valence-electron chi connectivity index (χ4n) is 5.05. The number of fused-ring (bicyclic) bond motifs is 1. The fourth-order valence-corrected chi connectivity index (χ4v) is 5.94. The number of Topliss-reactive ketones (excluding diaryl/α,β-unsaturated/α-hetero) is 1. The summed E-state index contributed by atoms with van der Waals surface area (Å²) in [5.74, 6) is -2.70. The Morgan fingerprint density at radius 1 is 1.20 bits per heavy atom. The predicted molar refractivity (Wildman–Crippen MR) is 140 cm³/mol. The van der Waals surface area contributed by atoms with Crippen molar-refractivity contribution in [3.05, 3.63) is 41.9 Å². The van der Waals surface area contributed by atoms with E-state index in [-0.39, 0.29) is 5.82 Å². The fraction of sp³-hybridized carbons (Fsp3) is 0.542. The Morgan fingerprint density at radius 2 is 1.83 bits per heavy atom. The lowest BCUT2D eigenvalue weighted by Gasteiger charge is -2.46. The Labute approximate surface area is 234 Å². The third-order valence-electron chi connectivity index (χ3n) is 7.72. The van der Waals surface area contributed by atoms with E-state index < -0.39 is 67.7 Å². The summed E-state index contributed by atoms with van der Waals surface area (Å²) in [7, 11) is -6.01. The molecule has 1 saturated heterocycles. The second-order valence-electron chi connectivity index (χ2n) is 9.72. The second-order valence-corrected chi connectivity index (χ2v) is 11.6. The number of imidazole rings is 1. The van der Waals surface area contributed by atoms with Gasteiger partial charge in [0.25, 0.3) is 0 Å². The monoisotopic (exact) mass is 603 g/mol.